The molecule has 1 aromatic carbocycles. The van der Waals surface area contributed by atoms with Gasteiger partial charge in [0.25, 0.3) is 5.91 Å². The summed E-state index contributed by atoms with van der Waals surface area (Å²) in [7, 11) is 0. The number of phenolic OH excluding ortho intramolecular Hbond substituents is 1. The van der Waals surface area contributed by atoms with Crippen molar-refractivity contribution in [3.63, 3.8) is 0 Å². The molecule has 102 valence electrons. The Morgan fingerprint density at radius 2 is 2.11 bits per heavy atom. The first-order valence-corrected chi connectivity index (χ1v) is 6.47. The van der Waals surface area contributed by atoms with E-state index in [4.69, 9.17) is 17.3 Å². The number of halogens is 1. The zero-order valence-electron chi connectivity index (χ0n) is 10.3. The van der Waals surface area contributed by atoms with E-state index in [9.17, 15) is 14.7 Å². The SMILES string of the molecule is NC(=O)C1CCCCN1C(=O)c1cc(O)ccc1Cl. The van der Waals surface area contributed by atoms with Crippen molar-refractivity contribution in [2.75, 3.05) is 6.54 Å². The predicted molar refractivity (Wildman–Crippen MR) is 71.0 cm³/mol. The Hall–Kier alpha value is -1.75. The summed E-state index contributed by atoms with van der Waals surface area (Å²) in [6.45, 7) is 0.471. The van der Waals surface area contributed by atoms with Gasteiger partial charge in [-0.05, 0) is 37.5 Å². The van der Waals surface area contributed by atoms with Gasteiger partial charge >= 0.3 is 0 Å². The molecule has 1 heterocycles. The van der Waals surface area contributed by atoms with Crippen molar-refractivity contribution < 1.29 is 14.7 Å². The molecule has 1 fully saturated rings. The molecule has 0 aromatic heterocycles. The smallest absolute Gasteiger partial charge is 0.256 e. The van der Waals surface area contributed by atoms with Gasteiger partial charge in [0.15, 0.2) is 0 Å². The number of nitrogens with zero attached hydrogens (tertiary/aromatic N) is 1. The molecular formula is C13H15ClN2O3. The zero-order valence-corrected chi connectivity index (χ0v) is 11.1. The lowest BCUT2D eigenvalue weighted by Gasteiger charge is -2.33. The second-order valence-electron chi connectivity index (χ2n) is 4.58. The highest BCUT2D eigenvalue weighted by atomic mass is 35.5. The van der Waals surface area contributed by atoms with E-state index in [0.717, 1.165) is 12.8 Å². The zero-order chi connectivity index (χ0) is 14.0. The summed E-state index contributed by atoms with van der Waals surface area (Å²) in [5, 5.41) is 9.69. The second-order valence-corrected chi connectivity index (χ2v) is 4.98. The standard InChI is InChI=1S/C13H15ClN2O3/c14-10-5-4-8(17)7-9(10)13(19)16-6-2-1-3-11(16)12(15)18/h4-5,7,11,17H,1-3,6H2,(H2,15,18). The summed E-state index contributed by atoms with van der Waals surface area (Å²) in [4.78, 5) is 25.2. The summed E-state index contributed by atoms with van der Waals surface area (Å²) < 4.78 is 0. The van der Waals surface area contributed by atoms with Crippen LogP contribution in [-0.2, 0) is 4.79 Å². The third-order valence-corrected chi connectivity index (χ3v) is 3.60. The Morgan fingerprint density at radius 1 is 1.37 bits per heavy atom. The van der Waals surface area contributed by atoms with Gasteiger partial charge in [0.2, 0.25) is 5.91 Å². The Labute approximate surface area is 116 Å². The Bertz CT molecular complexity index is 519. The highest BCUT2D eigenvalue weighted by molar-refractivity contribution is 6.34. The van der Waals surface area contributed by atoms with E-state index in [1.54, 1.807) is 0 Å². The van der Waals surface area contributed by atoms with E-state index >= 15 is 0 Å². The summed E-state index contributed by atoms with van der Waals surface area (Å²) >= 11 is 5.96. The Morgan fingerprint density at radius 3 is 2.79 bits per heavy atom. The highest BCUT2D eigenvalue weighted by Crippen LogP contribution is 2.26. The van der Waals surface area contributed by atoms with Crippen LogP contribution < -0.4 is 5.73 Å². The maximum atomic E-state index is 12.4. The van der Waals surface area contributed by atoms with Crippen LogP contribution in [0.3, 0.4) is 0 Å². The minimum Gasteiger partial charge on any atom is -0.508 e. The van der Waals surface area contributed by atoms with E-state index in [2.05, 4.69) is 0 Å². The summed E-state index contributed by atoms with van der Waals surface area (Å²) in [6, 6.07) is 3.56. The molecule has 1 saturated heterocycles. The summed E-state index contributed by atoms with van der Waals surface area (Å²) in [5.74, 6) is -0.922. The van der Waals surface area contributed by atoms with E-state index in [1.807, 2.05) is 0 Å². The molecule has 5 nitrogen and oxygen atoms in total. The largest absolute Gasteiger partial charge is 0.508 e. The number of hydrogen-bond acceptors (Lipinski definition) is 3. The molecule has 3 N–H and O–H groups in total. The number of nitrogens with two attached hydrogens (primary N) is 1. The number of hydrogen-bond donors (Lipinski definition) is 2. The molecule has 2 rings (SSSR count). The third kappa shape index (κ3) is 2.81. The van der Waals surface area contributed by atoms with Gasteiger partial charge in [0, 0.05) is 6.54 Å². The van der Waals surface area contributed by atoms with Crippen molar-refractivity contribution >= 4 is 23.4 Å². The fraction of sp³-hybridized carbons (Fsp3) is 0.385. The maximum absolute atomic E-state index is 12.4. The normalized spacial score (nSPS) is 19.2. The van der Waals surface area contributed by atoms with Crippen LogP contribution in [0.4, 0.5) is 0 Å². The van der Waals surface area contributed by atoms with Crippen LogP contribution in [0.2, 0.25) is 5.02 Å². The molecule has 1 unspecified atom stereocenters. The monoisotopic (exact) mass is 282 g/mol. The van der Waals surface area contributed by atoms with Gasteiger partial charge in [0.05, 0.1) is 10.6 Å². The van der Waals surface area contributed by atoms with Crippen molar-refractivity contribution in [1.82, 2.24) is 4.90 Å². The molecule has 1 aromatic rings. The van der Waals surface area contributed by atoms with E-state index in [-0.39, 0.29) is 22.2 Å². The number of piperidine rings is 1. The number of primary amides is 1. The van der Waals surface area contributed by atoms with Crippen LogP contribution in [0.25, 0.3) is 0 Å². The van der Waals surface area contributed by atoms with E-state index in [1.165, 1.54) is 23.1 Å². The third-order valence-electron chi connectivity index (χ3n) is 3.27. The van der Waals surface area contributed by atoms with Crippen molar-refractivity contribution in [1.29, 1.82) is 0 Å². The number of aromatic hydroxyl groups is 1. The molecule has 1 aliphatic heterocycles. The molecule has 0 aliphatic carbocycles. The van der Waals surface area contributed by atoms with E-state index in [0.29, 0.717) is 13.0 Å². The van der Waals surface area contributed by atoms with Crippen LogP contribution in [0.5, 0.6) is 5.75 Å². The summed E-state index contributed by atoms with van der Waals surface area (Å²) in [6.07, 6.45) is 2.26. The summed E-state index contributed by atoms with van der Waals surface area (Å²) in [5.41, 5.74) is 5.52. The molecule has 2 amide bonds. The molecular weight excluding hydrogens is 268 g/mol. The molecule has 1 aliphatic rings. The number of amides is 2. The number of rotatable bonds is 2. The Balaban J connectivity index is 2.31. The van der Waals surface area contributed by atoms with Crippen LogP contribution in [0.1, 0.15) is 29.6 Å². The first kappa shape index (κ1) is 13.7. The lowest BCUT2D eigenvalue weighted by molar-refractivity contribution is -0.123. The minimum absolute atomic E-state index is 0.0413. The minimum atomic E-state index is -0.598. The molecule has 0 spiro atoms. The maximum Gasteiger partial charge on any atom is 0.256 e. The molecule has 0 radical (unpaired) electrons. The molecule has 6 heteroatoms. The average Bonchev–Trinajstić information content (AvgIpc) is 2.40. The Kier molecular flexibility index (Phi) is 3.95. The topological polar surface area (TPSA) is 83.6 Å². The number of carbonyl (C=O) groups excluding carboxylic acids is 2. The van der Waals surface area contributed by atoms with Gasteiger partial charge in [-0.3, -0.25) is 9.59 Å². The van der Waals surface area contributed by atoms with Crippen molar-refractivity contribution in [2.45, 2.75) is 25.3 Å². The van der Waals surface area contributed by atoms with Gasteiger partial charge in [-0.1, -0.05) is 11.6 Å². The average molecular weight is 283 g/mol. The fourth-order valence-electron chi connectivity index (χ4n) is 2.30. The van der Waals surface area contributed by atoms with Gasteiger partial charge in [-0.2, -0.15) is 0 Å². The molecule has 0 bridgehead atoms. The van der Waals surface area contributed by atoms with Crippen molar-refractivity contribution in [3.05, 3.63) is 28.8 Å². The van der Waals surface area contributed by atoms with Crippen LogP contribution >= 0.6 is 11.6 Å². The quantitative estimate of drug-likeness (QED) is 0.863. The van der Waals surface area contributed by atoms with E-state index < -0.39 is 11.9 Å². The molecule has 19 heavy (non-hydrogen) atoms. The van der Waals surface area contributed by atoms with Gasteiger partial charge in [0.1, 0.15) is 11.8 Å². The first-order valence-electron chi connectivity index (χ1n) is 6.09. The predicted octanol–water partition coefficient (Wildman–Crippen LogP) is 1.53. The van der Waals surface area contributed by atoms with Crippen LogP contribution in [0.15, 0.2) is 18.2 Å². The number of benzene rings is 1. The highest BCUT2D eigenvalue weighted by Gasteiger charge is 2.32. The van der Waals surface area contributed by atoms with Gasteiger partial charge < -0.3 is 15.7 Å². The molecule has 0 saturated carbocycles. The lowest BCUT2D eigenvalue weighted by atomic mass is 10.00. The van der Waals surface area contributed by atoms with Crippen molar-refractivity contribution in [3.8, 4) is 5.75 Å². The van der Waals surface area contributed by atoms with Crippen LogP contribution in [-0.4, -0.2) is 34.4 Å². The number of phenols is 1. The van der Waals surface area contributed by atoms with Gasteiger partial charge in [-0.25, -0.2) is 0 Å². The molecule has 1 atom stereocenters. The lowest BCUT2D eigenvalue weighted by Crippen LogP contribution is -2.50. The van der Waals surface area contributed by atoms with Crippen LogP contribution in [0, 0.1) is 0 Å². The fourth-order valence-corrected chi connectivity index (χ4v) is 2.50. The second kappa shape index (κ2) is 5.48. The number of likely N-dealkylation sites (tertiary alicyclic amines) is 1. The van der Waals surface area contributed by atoms with Gasteiger partial charge in [-0.15, -0.1) is 0 Å². The first-order chi connectivity index (χ1) is 9.00. The number of carbonyl (C=O) groups is 2. The van der Waals surface area contributed by atoms with Crippen molar-refractivity contribution in [2.24, 2.45) is 5.73 Å².